The van der Waals surface area contributed by atoms with Crippen LogP contribution < -0.4 is 5.32 Å². The van der Waals surface area contributed by atoms with E-state index in [0.717, 1.165) is 4.90 Å². The molecule has 0 aromatic heterocycles. The lowest BCUT2D eigenvalue weighted by atomic mass is 9.81. The van der Waals surface area contributed by atoms with E-state index in [-0.39, 0.29) is 39.8 Å². The number of nitrogens with zero attached hydrogens (tertiary/aromatic N) is 1. The van der Waals surface area contributed by atoms with Gasteiger partial charge in [0.15, 0.2) is 0 Å². The molecular formula is C16H14Br2Cl2N2O3. The summed E-state index contributed by atoms with van der Waals surface area (Å²) in [6.45, 7) is -0.326. The van der Waals surface area contributed by atoms with Crippen molar-refractivity contribution in [3.63, 3.8) is 0 Å². The molecule has 134 valence electrons. The number of carbonyl (C=O) groups excluding carboxylic acids is 3. The molecule has 5 nitrogen and oxygen atoms in total. The van der Waals surface area contributed by atoms with Gasteiger partial charge in [0.2, 0.25) is 17.7 Å². The molecule has 3 rings (SSSR count). The smallest absolute Gasteiger partial charge is 0.244 e. The summed E-state index contributed by atoms with van der Waals surface area (Å²) in [7, 11) is 0. The van der Waals surface area contributed by atoms with Gasteiger partial charge in [-0.25, -0.2) is 0 Å². The SMILES string of the molecule is O=C(CN1C(=O)[C@H]2C[C@@H](Br)[C@@H](Br)C[C@H]2C1=O)Nc1cc(Cl)ccc1Cl. The van der Waals surface area contributed by atoms with Crippen molar-refractivity contribution in [2.45, 2.75) is 22.5 Å². The highest BCUT2D eigenvalue weighted by Crippen LogP contribution is 2.43. The number of hydrogen-bond acceptors (Lipinski definition) is 3. The number of imide groups is 1. The molecule has 1 aliphatic heterocycles. The summed E-state index contributed by atoms with van der Waals surface area (Å²) in [5.74, 6) is -1.80. The van der Waals surface area contributed by atoms with Crippen molar-refractivity contribution in [1.29, 1.82) is 0 Å². The number of nitrogens with one attached hydrogen (secondary N) is 1. The van der Waals surface area contributed by atoms with Gasteiger partial charge in [0.05, 0.1) is 22.5 Å². The molecule has 1 saturated carbocycles. The lowest BCUT2D eigenvalue weighted by Crippen LogP contribution is -2.38. The topological polar surface area (TPSA) is 66.5 Å². The third-order valence-corrected chi connectivity index (χ3v) is 7.81. The van der Waals surface area contributed by atoms with Crippen LogP contribution in [0.15, 0.2) is 18.2 Å². The molecule has 9 heteroatoms. The number of carbonyl (C=O) groups is 3. The minimum Gasteiger partial charge on any atom is -0.323 e. The summed E-state index contributed by atoms with van der Waals surface area (Å²) >= 11 is 19.0. The van der Waals surface area contributed by atoms with Crippen molar-refractivity contribution in [2.75, 3.05) is 11.9 Å². The zero-order valence-electron chi connectivity index (χ0n) is 12.8. The second kappa shape index (κ2) is 7.55. The van der Waals surface area contributed by atoms with Crippen LogP contribution in [-0.2, 0) is 14.4 Å². The Morgan fingerprint density at radius 2 is 1.68 bits per heavy atom. The van der Waals surface area contributed by atoms with Gasteiger partial charge in [-0.3, -0.25) is 19.3 Å². The highest BCUT2D eigenvalue weighted by molar-refractivity contribution is 9.12. The van der Waals surface area contributed by atoms with Gasteiger partial charge < -0.3 is 5.32 Å². The molecular weight excluding hydrogens is 499 g/mol. The zero-order chi connectivity index (χ0) is 18.3. The maximum absolute atomic E-state index is 12.6. The van der Waals surface area contributed by atoms with Gasteiger partial charge in [-0.2, -0.15) is 0 Å². The van der Waals surface area contributed by atoms with Crippen LogP contribution in [-0.4, -0.2) is 38.8 Å². The number of amides is 3. The van der Waals surface area contributed by atoms with Gasteiger partial charge in [-0.05, 0) is 31.0 Å². The fourth-order valence-corrected chi connectivity index (χ4v) is 4.82. The van der Waals surface area contributed by atoms with Crippen molar-refractivity contribution in [3.8, 4) is 0 Å². The monoisotopic (exact) mass is 510 g/mol. The third kappa shape index (κ3) is 3.89. The minimum atomic E-state index is -0.490. The van der Waals surface area contributed by atoms with Crippen LogP contribution in [0.4, 0.5) is 5.69 Å². The zero-order valence-corrected chi connectivity index (χ0v) is 17.5. The summed E-state index contributed by atoms with van der Waals surface area (Å²) in [4.78, 5) is 38.7. The van der Waals surface area contributed by atoms with Crippen LogP contribution in [0.1, 0.15) is 12.8 Å². The lowest BCUT2D eigenvalue weighted by molar-refractivity contribution is -0.142. The molecule has 0 spiro atoms. The van der Waals surface area contributed by atoms with E-state index in [0.29, 0.717) is 28.6 Å². The number of anilines is 1. The fourth-order valence-electron chi connectivity index (χ4n) is 3.25. The van der Waals surface area contributed by atoms with Crippen LogP contribution in [0, 0.1) is 11.8 Å². The van der Waals surface area contributed by atoms with Crippen LogP contribution in [0.25, 0.3) is 0 Å². The second-order valence-corrected chi connectivity index (χ2v) is 9.35. The molecule has 4 atom stereocenters. The molecule has 3 amide bonds. The van der Waals surface area contributed by atoms with Gasteiger partial charge in [0.1, 0.15) is 6.54 Å². The number of alkyl halides is 2. The Balaban J connectivity index is 1.70. The number of hydrogen-bond donors (Lipinski definition) is 1. The summed E-state index contributed by atoms with van der Waals surface area (Å²) in [5.41, 5.74) is 0.344. The van der Waals surface area contributed by atoms with E-state index in [2.05, 4.69) is 37.2 Å². The quantitative estimate of drug-likeness (QED) is 0.494. The molecule has 1 heterocycles. The van der Waals surface area contributed by atoms with Gasteiger partial charge in [0.25, 0.3) is 0 Å². The molecule has 25 heavy (non-hydrogen) atoms. The highest BCUT2D eigenvalue weighted by Gasteiger charge is 2.52. The largest absolute Gasteiger partial charge is 0.323 e. The Bertz CT molecular complexity index is 718. The first-order valence-electron chi connectivity index (χ1n) is 7.66. The number of fused-ring (bicyclic) bond motifs is 1. The first-order valence-corrected chi connectivity index (χ1v) is 10.2. The third-order valence-electron chi connectivity index (χ3n) is 4.51. The second-order valence-electron chi connectivity index (χ2n) is 6.15. The van der Waals surface area contributed by atoms with Gasteiger partial charge in [0, 0.05) is 14.7 Å². The molecule has 1 N–H and O–H groups in total. The van der Waals surface area contributed by atoms with Crippen molar-refractivity contribution < 1.29 is 14.4 Å². The van der Waals surface area contributed by atoms with Gasteiger partial charge >= 0.3 is 0 Å². The highest BCUT2D eigenvalue weighted by atomic mass is 79.9. The van der Waals surface area contributed by atoms with E-state index < -0.39 is 5.91 Å². The number of rotatable bonds is 3. The van der Waals surface area contributed by atoms with Crippen molar-refractivity contribution >= 4 is 78.5 Å². The molecule has 2 fully saturated rings. The summed E-state index contributed by atoms with van der Waals surface area (Å²) in [5, 5.41) is 3.35. The van der Waals surface area contributed by atoms with E-state index in [4.69, 9.17) is 23.2 Å². The average molecular weight is 513 g/mol. The van der Waals surface area contributed by atoms with E-state index in [1.165, 1.54) is 6.07 Å². The molecule has 1 aromatic rings. The maximum atomic E-state index is 12.6. The molecule has 0 radical (unpaired) electrons. The Morgan fingerprint density at radius 3 is 2.24 bits per heavy atom. The van der Waals surface area contributed by atoms with Crippen molar-refractivity contribution in [2.24, 2.45) is 11.8 Å². The first kappa shape index (κ1) is 19.1. The summed E-state index contributed by atoms with van der Waals surface area (Å²) in [6, 6.07) is 4.68. The Morgan fingerprint density at radius 1 is 1.12 bits per heavy atom. The van der Waals surface area contributed by atoms with Crippen LogP contribution in [0.3, 0.4) is 0 Å². The van der Waals surface area contributed by atoms with E-state index in [1.54, 1.807) is 12.1 Å². The van der Waals surface area contributed by atoms with Crippen LogP contribution in [0.5, 0.6) is 0 Å². The standard InChI is InChI=1S/C16H14Br2Cl2N2O3/c17-10-4-8-9(5-11(10)18)16(25)22(15(8)24)6-14(23)21-13-3-7(19)1-2-12(13)20/h1-3,8-11H,4-6H2,(H,21,23)/t8-,9+,10+,11-. The van der Waals surface area contributed by atoms with Crippen LogP contribution >= 0.6 is 55.1 Å². The van der Waals surface area contributed by atoms with E-state index in [9.17, 15) is 14.4 Å². The Hall–Kier alpha value is -0.630. The predicted molar refractivity (Wildman–Crippen MR) is 103 cm³/mol. The molecule has 0 bridgehead atoms. The van der Waals surface area contributed by atoms with Crippen molar-refractivity contribution in [3.05, 3.63) is 28.2 Å². The molecule has 1 aliphatic carbocycles. The first-order chi connectivity index (χ1) is 11.8. The number of halogens is 4. The molecule has 0 unspecified atom stereocenters. The molecule has 1 aromatic carbocycles. The van der Waals surface area contributed by atoms with Gasteiger partial charge in [-0.15, -0.1) is 0 Å². The number of likely N-dealkylation sites (tertiary alicyclic amines) is 1. The molecule has 2 aliphatic rings. The predicted octanol–water partition coefficient (Wildman–Crippen LogP) is 3.85. The normalized spacial score (nSPS) is 28.9. The van der Waals surface area contributed by atoms with Crippen molar-refractivity contribution in [1.82, 2.24) is 4.90 Å². The summed E-state index contributed by atoms with van der Waals surface area (Å²) < 4.78 is 0. The maximum Gasteiger partial charge on any atom is 0.244 e. The van der Waals surface area contributed by atoms with E-state index >= 15 is 0 Å². The lowest BCUT2D eigenvalue weighted by Gasteiger charge is -2.29. The molecule has 1 saturated heterocycles. The average Bonchev–Trinajstić information content (AvgIpc) is 2.76. The van der Waals surface area contributed by atoms with Gasteiger partial charge in [-0.1, -0.05) is 55.1 Å². The number of benzene rings is 1. The minimum absolute atomic E-state index is 0.129. The van der Waals surface area contributed by atoms with E-state index in [1.807, 2.05) is 0 Å². The Kier molecular flexibility index (Phi) is 5.78. The Labute approximate surface area is 171 Å². The summed E-state index contributed by atoms with van der Waals surface area (Å²) in [6.07, 6.45) is 1.15. The fraction of sp³-hybridized carbons (Fsp3) is 0.438. The van der Waals surface area contributed by atoms with Crippen LogP contribution in [0.2, 0.25) is 10.0 Å².